The van der Waals surface area contributed by atoms with Crippen LogP contribution >= 0.6 is 0 Å². The smallest absolute Gasteiger partial charge is 0.307 e. The van der Waals surface area contributed by atoms with Crippen molar-refractivity contribution in [3.63, 3.8) is 0 Å². The van der Waals surface area contributed by atoms with Crippen LogP contribution in [0.3, 0.4) is 0 Å². The Labute approximate surface area is 56.5 Å². The van der Waals surface area contributed by atoms with Gasteiger partial charge in [-0.05, 0) is 0 Å². The van der Waals surface area contributed by atoms with E-state index in [0.29, 0.717) is 0 Å². The highest BCUT2D eigenvalue weighted by molar-refractivity contribution is 7.84. The first-order valence-electron chi connectivity index (χ1n) is 2.57. The third-order valence-electron chi connectivity index (χ3n) is 0.906. The van der Waals surface area contributed by atoms with E-state index in [0.717, 1.165) is 0 Å². The number of carboxylic acids is 1. The number of aliphatic carboxylic acids is 1. The minimum atomic E-state index is -0.997. The molecule has 0 aliphatic heterocycles. The largest absolute Gasteiger partial charge is 0.481 e. The van der Waals surface area contributed by atoms with Gasteiger partial charge in [0.15, 0.2) is 0 Å². The number of rotatable bonds is 3. The molecule has 4 heteroatoms. The highest BCUT2D eigenvalue weighted by Gasteiger charge is 2.11. The monoisotopic (exact) mass is 150 g/mol. The molecule has 0 saturated heterocycles. The summed E-state index contributed by atoms with van der Waals surface area (Å²) in [7, 11) is -0.997. The van der Waals surface area contributed by atoms with Crippen molar-refractivity contribution >= 4 is 16.8 Å². The SMILES string of the molecule is C[C@H](CS(C)=O)C(=O)O. The molecule has 2 atom stereocenters. The standard InChI is InChI=1S/C5H10O3S/c1-4(5(6)7)3-9(2)8/h4H,3H2,1-2H3,(H,6,7)/t4-,9?/m1/s1. The molecule has 0 spiro atoms. The van der Waals surface area contributed by atoms with Crippen LogP contribution in [0.4, 0.5) is 0 Å². The van der Waals surface area contributed by atoms with Gasteiger partial charge in [0.05, 0.1) is 5.92 Å². The summed E-state index contributed by atoms with van der Waals surface area (Å²) in [5.41, 5.74) is 0. The van der Waals surface area contributed by atoms with Gasteiger partial charge in [0, 0.05) is 22.8 Å². The quantitative estimate of drug-likeness (QED) is 0.620. The zero-order chi connectivity index (χ0) is 7.44. The van der Waals surface area contributed by atoms with Crippen LogP contribution in [-0.2, 0) is 15.6 Å². The van der Waals surface area contributed by atoms with Gasteiger partial charge >= 0.3 is 5.97 Å². The third-order valence-corrected chi connectivity index (χ3v) is 1.88. The van der Waals surface area contributed by atoms with Gasteiger partial charge < -0.3 is 5.11 Å². The van der Waals surface area contributed by atoms with Gasteiger partial charge in [-0.3, -0.25) is 9.00 Å². The van der Waals surface area contributed by atoms with E-state index in [-0.39, 0.29) is 5.75 Å². The van der Waals surface area contributed by atoms with Gasteiger partial charge in [0.1, 0.15) is 0 Å². The Morgan fingerprint density at radius 2 is 2.22 bits per heavy atom. The maximum absolute atomic E-state index is 10.4. The molecule has 0 aliphatic rings. The van der Waals surface area contributed by atoms with E-state index in [9.17, 15) is 9.00 Å². The lowest BCUT2D eigenvalue weighted by Crippen LogP contribution is -2.16. The summed E-state index contributed by atoms with van der Waals surface area (Å²) in [5.74, 6) is -1.13. The Balaban J connectivity index is 3.63. The Hall–Kier alpha value is -0.380. The molecule has 0 aromatic carbocycles. The lowest BCUT2D eigenvalue weighted by atomic mass is 10.2. The molecule has 9 heavy (non-hydrogen) atoms. The van der Waals surface area contributed by atoms with Crippen molar-refractivity contribution < 1.29 is 14.1 Å². The summed E-state index contributed by atoms with van der Waals surface area (Å²) in [6.45, 7) is 1.55. The van der Waals surface area contributed by atoms with Crippen molar-refractivity contribution in [1.82, 2.24) is 0 Å². The molecule has 0 aromatic rings. The molecule has 0 heterocycles. The number of hydrogen-bond donors (Lipinski definition) is 1. The summed E-state index contributed by atoms with van der Waals surface area (Å²) >= 11 is 0. The van der Waals surface area contributed by atoms with E-state index in [1.54, 1.807) is 6.92 Å². The first-order valence-corrected chi connectivity index (χ1v) is 4.29. The average Bonchev–Trinajstić information content (AvgIpc) is 1.63. The molecule has 1 N–H and O–H groups in total. The maximum atomic E-state index is 10.4. The van der Waals surface area contributed by atoms with E-state index in [4.69, 9.17) is 5.11 Å². The van der Waals surface area contributed by atoms with Crippen molar-refractivity contribution in [2.24, 2.45) is 5.92 Å². The van der Waals surface area contributed by atoms with Crippen molar-refractivity contribution in [3.8, 4) is 0 Å². The Bertz CT molecular complexity index is 132. The number of carbonyl (C=O) groups is 1. The zero-order valence-electron chi connectivity index (χ0n) is 5.46. The van der Waals surface area contributed by atoms with Crippen LogP contribution in [0, 0.1) is 5.92 Å². The van der Waals surface area contributed by atoms with Crippen LogP contribution in [0.1, 0.15) is 6.92 Å². The summed E-state index contributed by atoms with van der Waals surface area (Å²) in [6.07, 6.45) is 1.50. The van der Waals surface area contributed by atoms with Crippen LogP contribution in [0.25, 0.3) is 0 Å². The molecule has 0 aromatic heterocycles. The number of carboxylic acid groups (broad SMARTS) is 1. The lowest BCUT2D eigenvalue weighted by Gasteiger charge is -2.00. The summed E-state index contributed by atoms with van der Waals surface area (Å²) in [5, 5.41) is 8.30. The van der Waals surface area contributed by atoms with E-state index >= 15 is 0 Å². The predicted octanol–water partition coefficient (Wildman–Crippen LogP) is 0.0856. The van der Waals surface area contributed by atoms with Crippen molar-refractivity contribution in [2.45, 2.75) is 6.92 Å². The molecule has 1 unspecified atom stereocenters. The van der Waals surface area contributed by atoms with E-state index in [1.807, 2.05) is 0 Å². The second-order valence-corrected chi connectivity index (χ2v) is 3.46. The van der Waals surface area contributed by atoms with Gasteiger partial charge in [-0.2, -0.15) is 0 Å². The molecule has 0 saturated carbocycles. The van der Waals surface area contributed by atoms with Crippen LogP contribution in [0.5, 0.6) is 0 Å². The van der Waals surface area contributed by atoms with E-state index in [2.05, 4.69) is 0 Å². The minimum absolute atomic E-state index is 0.245. The third kappa shape index (κ3) is 4.14. The van der Waals surface area contributed by atoms with Crippen LogP contribution in [0.15, 0.2) is 0 Å². The Morgan fingerprint density at radius 3 is 2.33 bits per heavy atom. The fraction of sp³-hybridized carbons (Fsp3) is 0.800. The normalized spacial score (nSPS) is 16.7. The molecule has 0 fully saturated rings. The second kappa shape index (κ2) is 3.61. The van der Waals surface area contributed by atoms with Crippen molar-refractivity contribution in [3.05, 3.63) is 0 Å². The highest BCUT2D eigenvalue weighted by Crippen LogP contribution is 1.95. The fourth-order valence-electron chi connectivity index (χ4n) is 0.423. The lowest BCUT2D eigenvalue weighted by molar-refractivity contribution is -0.140. The molecular formula is C5H10O3S. The summed E-state index contributed by atoms with van der Waals surface area (Å²) < 4.78 is 10.4. The van der Waals surface area contributed by atoms with Crippen molar-refractivity contribution in [2.75, 3.05) is 12.0 Å². The molecule has 0 aliphatic carbocycles. The zero-order valence-corrected chi connectivity index (χ0v) is 6.27. The second-order valence-electron chi connectivity index (χ2n) is 1.98. The molecule has 54 valence electrons. The molecule has 0 rings (SSSR count). The van der Waals surface area contributed by atoms with Gasteiger partial charge in [-0.1, -0.05) is 6.92 Å². The minimum Gasteiger partial charge on any atom is -0.481 e. The van der Waals surface area contributed by atoms with Gasteiger partial charge in [0.25, 0.3) is 0 Å². The number of hydrogen-bond acceptors (Lipinski definition) is 2. The van der Waals surface area contributed by atoms with Crippen LogP contribution in [0.2, 0.25) is 0 Å². The molecule has 0 bridgehead atoms. The predicted molar refractivity (Wildman–Crippen MR) is 35.7 cm³/mol. The van der Waals surface area contributed by atoms with Gasteiger partial charge in [0.2, 0.25) is 0 Å². The van der Waals surface area contributed by atoms with Gasteiger partial charge in [-0.25, -0.2) is 0 Å². The molecule has 3 nitrogen and oxygen atoms in total. The van der Waals surface area contributed by atoms with Crippen molar-refractivity contribution in [1.29, 1.82) is 0 Å². The maximum Gasteiger partial charge on any atom is 0.307 e. The summed E-state index contributed by atoms with van der Waals surface area (Å²) in [6, 6.07) is 0. The van der Waals surface area contributed by atoms with Crippen LogP contribution in [-0.4, -0.2) is 27.3 Å². The topological polar surface area (TPSA) is 54.4 Å². The molecule has 0 amide bonds. The van der Waals surface area contributed by atoms with E-state index in [1.165, 1.54) is 6.26 Å². The molecular weight excluding hydrogens is 140 g/mol. The fourth-order valence-corrected chi connectivity index (χ4v) is 1.27. The van der Waals surface area contributed by atoms with Gasteiger partial charge in [-0.15, -0.1) is 0 Å². The average molecular weight is 150 g/mol. The summed E-state index contributed by atoms with van der Waals surface area (Å²) in [4.78, 5) is 10.1. The van der Waals surface area contributed by atoms with E-state index < -0.39 is 22.7 Å². The highest BCUT2D eigenvalue weighted by atomic mass is 32.2. The molecule has 0 radical (unpaired) electrons. The van der Waals surface area contributed by atoms with Crippen LogP contribution < -0.4 is 0 Å². The Morgan fingerprint density at radius 1 is 1.78 bits per heavy atom. The Kier molecular flexibility index (Phi) is 3.46. The first kappa shape index (κ1) is 8.62. The first-order chi connectivity index (χ1) is 4.04.